The van der Waals surface area contributed by atoms with Gasteiger partial charge in [0.05, 0.1) is 0 Å². The summed E-state index contributed by atoms with van der Waals surface area (Å²) in [4.78, 5) is 25.4. The minimum Gasteiger partial charge on any atom is -0.334 e. The van der Waals surface area contributed by atoms with E-state index in [2.05, 4.69) is 9.97 Å². The maximum Gasteiger partial charge on any atom is 0.329 e. The summed E-state index contributed by atoms with van der Waals surface area (Å²) in [6.45, 7) is 1.31. The fraction of sp³-hybridized carbons (Fsp3) is 0.0769. The second kappa shape index (κ2) is 5.10. The van der Waals surface area contributed by atoms with E-state index in [1.165, 1.54) is 24.6 Å². The Kier molecular flexibility index (Phi) is 3.29. The first-order valence-corrected chi connectivity index (χ1v) is 7.00. The van der Waals surface area contributed by atoms with E-state index in [4.69, 9.17) is 17.1 Å². The smallest absolute Gasteiger partial charge is 0.329 e. The summed E-state index contributed by atoms with van der Waals surface area (Å²) in [5, 5.41) is 0.833. The first kappa shape index (κ1) is 12.9. The zero-order valence-corrected chi connectivity index (χ0v) is 12.1. The van der Waals surface area contributed by atoms with Gasteiger partial charge in [-0.05, 0) is 0 Å². The lowest BCUT2D eigenvalue weighted by molar-refractivity contribution is -0.141. The number of aromatic nitrogens is 3. The minimum absolute atomic E-state index is 0.337. The molecule has 0 saturated carbocycles. The summed E-state index contributed by atoms with van der Waals surface area (Å²) in [6.07, 6.45) is 1.39. The number of thiazole rings is 1. The maximum absolute atomic E-state index is 11.0. The summed E-state index contributed by atoms with van der Waals surface area (Å²) in [6, 6.07) is 9.79. The zero-order chi connectivity index (χ0) is 14.1. The second-order valence-corrected chi connectivity index (χ2v) is 5.36. The van der Waals surface area contributed by atoms with Crippen LogP contribution in [0.4, 0.5) is 0 Å². The first-order valence-electron chi connectivity index (χ1n) is 5.77. The molecule has 100 valence electrons. The Morgan fingerprint density at radius 3 is 2.80 bits per heavy atom. The lowest BCUT2D eigenvalue weighted by atomic mass is 10.2. The Labute approximate surface area is 123 Å². The summed E-state index contributed by atoms with van der Waals surface area (Å²) in [5.41, 5.74) is 1.57. The molecule has 0 bridgehead atoms. The van der Waals surface area contributed by atoms with Crippen LogP contribution in [0.25, 0.3) is 20.9 Å². The van der Waals surface area contributed by atoms with Gasteiger partial charge in [-0.25, -0.2) is 14.8 Å². The molecule has 0 saturated heterocycles. The molecule has 0 fully saturated rings. The van der Waals surface area contributed by atoms with Crippen LogP contribution in [0.2, 0.25) is 0 Å². The van der Waals surface area contributed by atoms with Gasteiger partial charge in [-0.2, -0.15) is 0 Å². The van der Waals surface area contributed by atoms with Gasteiger partial charge in [0.25, 0.3) is 0 Å². The molecule has 3 aromatic rings. The molecular formula is C13H9N3O2S2. The Morgan fingerprint density at radius 1 is 1.35 bits per heavy atom. The Hall–Kier alpha value is -2.12. The van der Waals surface area contributed by atoms with Crippen molar-refractivity contribution in [3.63, 3.8) is 0 Å². The molecule has 2 heterocycles. The molecule has 5 nitrogen and oxygen atoms in total. The number of rotatable bonds is 2. The van der Waals surface area contributed by atoms with Crippen molar-refractivity contribution in [1.29, 1.82) is 0 Å². The molecule has 0 aliphatic rings. The van der Waals surface area contributed by atoms with Crippen molar-refractivity contribution in [2.24, 2.45) is 0 Å². The number of nitrogens with zero attached hydrogens (tertiary/aromatic N) is 3. The van der Waals surface area contributed by atoms with E-state index in [1.54, 1.807) is 0 Å². The molecule has 0 aliphatic carbocycles. The van der Waals surface area contributed by atoms with Gasteiger partial charge < -0.3 is 4.84 Å². The zero-order valence-electron chi connectivity index (χ0n) is 10.4. The van der Waals surface area contributed by atoms with Gasteiger partial charge in [-0.3, -0.25) is 0 Å². The molecule has 2 aromatic heterocycles. The number of carbonyl (C=O) groups excluding carboxylic acids is 1. The van der Waals surface area contributed by atoms with Crippen molar-refractivity contribution in [2.45, 2.75) is 6.92 Å². The van der Waals surface area contributed by atoms with Crippen LogP contribution >= 0.6 is 23.6 Å². The lowest BCUT2D eigenvalue weighted by Gasteiger charge is -2.03. The van der Waals surface area contributed by atoms with Crippen LogP contribution in [-0.2, 0) is 4.79 Å². The molecule has 20 heavy (non-hydrogen) atoms. The van der Waals surface area contributed by atoms with Crippen molar-refractivity contribution < 1.29 is 9.63 Å². The normalized spacial score (nSPS) is 10.7. The Morgan fingerprint density at radius 2 is 2.10 bits per heavy atom. The highest BCUT2D eigenvalue weighted by Gasteiger charge is 2.11. The van der Waals surface area contributed by atoms with Gasteiger partial charge >= 0.3 is 5.97 Å². The van der Waals surface area contributed by atoms with Crippen LogP contribution in [0.5, 0.6) is 0 Å². The van der Waals surface area contributed by atoms with Gasteiger partial charge in [0.2, 0.25) is 0 Å². The third kappa shape index (κ3) is 2.33. The monoisotopic (exact) mass is 303 g/mol. The van der Waals surface area contributed by atoms with Crippen molar-refractivity contribution in [3.8, 4) is 10.6 Å². The maximum atomic E-state index is 11.0. The molecule has 0 spiro atoms. The van der Waals surface area contributed by atoms with E-state index in [1.807, 2.05) is 30.3 Å². The van der Waals surface area contributed by atoms with E-state index >= 15 is 0 Å². The van der Waals surface area contributed by atoms with Crippen molar-refractivity contribution in [3.05, 3.63) is 41.3 Å². The average Bonchev–Trinajstić information content (AvgIpc) is 2.87. The molecule has 0 N–H and O–H groups in total. The molecule has 3 rings (SSSR count). The standard InChI is InChI=1S/C13H9N3O2S2/c1-8(17)18-16-7-14-12-10(13(16)19)15-11(20-12)9-5-3-2-4-6-9/h2-7H,1H3. The van der Waals surface area contributed by atoms with E-state index in [9.17, 15) is 4.79 Å². The molecule has 7 heteroatoms. The molecule has 0 aliphatic heterocycles. The number of fused-ring (bicyclic) bond motifs is 1. The molecule has 0 unspecified atom stereocenters. The number of carbonyl (C=O) groups is 1. The third-order valence-corrected chi connectivity index (χ3v) is 3.93. The SMILES string of the molecule is CC(=O)On1cnc2sc(-c3ccccc3)nc2c1=S. The number of hydrogen-bond donors (Lipinski definition) is 0. The Bertz CT molecular complexity index is 840. The highest BCUT2D eigenvalue weighted by molar-refractivity contribution is 7.71. The fourth-order valence-electron chi connectivity index (χ4n) is 1.71. The van der Waals surface area contributed by atoms with Crippen molar-refractivity contribution in [2.75, 3.05) is 0 Å². The van der Waals surface area contributed by atoms with Crippen LogP contribution < -0.4 is 4.84 Å². The van der Waals surface area contributed by atoms with Gasteiger partial charge in [-0.1, -0.05) is 53.9 Å². The van der Waals surface area contributed by atoms with E-state index in [-0.39, 0.29) is 0 Å². The topological polar surface area (TPSA) is 57.0 Å². The minimum atomic E-state index is -0.458. The number of hydrogen-bond acceptors (Lipinski definition) is 6. The molecule has 1 aromatic carbocycles. The average molecular weight is 303 g/mol. The van der Waals surface area contributed by atoms with E-state index in [0.717, 1.165) is 20.1 Å². The van der Waals surface area contributed by atoms with Gasteiger partial charge in [0, 0.05) is 12.5 Å². The third-order valence-electron chi connectivity index (χ3n) is 2.54. The predicted molar refractivity (Wildman–Crippen MR) is 78.9 cm³/mol. The van der Waals surface area contributed by atoms with Gasteiger partial charge in [0.1, 0.15) is 21.7 Å². The largest absolute Gasteiger partial charge is 0.334 e. The van der Waals surface area contributed by atoms with E-state index < -0.39 is 5.97 Å². The van der Waals surface area contributed by atoms with E-state index in [0.29, 0.717) is 10.2 Å². The summed E-state index contributed by atoms with van der Waals surface area (Å²) >= 11 is 6.71. The van der Waals surface area contributed by atoms with Crippen LogP contribution in [0.3, 0.4) is 0 Å². The highest BCUT2D eigenvalue weighted by Crippen LogP contribution is 2.28. The molecule has 0 radical (unpaired) electrons. The summed E-state index contributed by atoms with van der Waals surface area (Å²) in [5.74, 6) is -0.458. The lowest BCUT2D eigenvalue weighted by Crippen LogP contribution is -2.17. The van der Waals surface area contributed by atoms with Crippen molar-refractivity contribution in [1.82, 2.24) is 14.7 Å². The first-order chi connectivity index (χ1) is 9.65. The quantitative estimate of drug-likeness (QED) is 0.681. The van der Waals surface area contributed by atoms with Crippen molar-refractivity contribution >= 4 is 39.9 Å². The van der Waals surface area contributed by atoms with Crippen LogP contribution in [0.1, 0.15) is 6.92 Å². The van der Waals surface area contributed by atoms with Gasteiger partial charge in [-0.15, -0.1) is 4.73 Å². The van der Waals surface area contributed by atoms with Crippen LogP contribution in [0, 0.1) is 4.64 Å². The number of benzene rings is 1. The molecule has 0 atom stereocenters. The molecular weight excluding hydrogens is 294 g/mol. The van der Waals surface area contributed by atoms with Gasteiger partial charge in [0.15, 0.2) is 4.64 Å². The second-order valence-electron chi connectivity index (χ2n) is 4.00. The summed E-state index contributed by atoms with van der Waals surface area (Å²) < 4.78 is 1.50. The highest BCUT2D eigenvalue weighted by atomic mass is 32.1. The van der Waals surface area contributed by atoms with Crippen LogP contribution in [-0.4, -0.2) is 20.7 Å². The fourth-order valence-corrected chi connectivity index (χ4v) is 2.91. The Balaban J connectivity index is 2.15. The summed E-state index contributed by atoms with van der Waals surface area (Å²) in [7, 11) is 0. The molecule has 0 amide bonds. The van der Waals surface area contributed by atoms with Crippen LogP contribution in [0.15, 0.2) is 36.7 Å². The predicted octanol–water partition coefficient (Wildman–Crippen LogP) is 2.86.